The number of alkyl halides is 3. The van der Waals surface area contributed by atoms with Crippen LogP contribution < -0.4 is 0 Å². The quantitative estimate of drug-likeness (QED) is 0.715. The van der Waals surface area contributed by atoms with Gasteiger partial charge in [0.05, 0.1) is 12.2 Å². The second kappa shape index (κ2) is 6.19. The normalized spacial score (nSPS) is 14.5. The maximum Gasteiger partial charge on any atom is 0.390 e. The fraction of sp³-hybridized carbons (Fsp3) is 0.667. The Kier molecular flexibility index (Phi) is 5.81. The van der Waals surface area contributed by atoms with Crippen molar-refractivity contribution < 1.29 is 31.5 Å². The molecule has 1 atom stereocenters. The zero-order valence-corrected chi connectivity index (χ0v) is 10.5. The van der Waals surface area contributed by atoms with Crippen LogP contribution in [-0.2, 0) is 14.8 Å². The lowest BCUT2D eigenvalue weighted by Gasteiger charge is -2.23. The van der Waals surface area contributed by atoms with Crippen LogP contribution in [0.5, 0.6) is 0 Å². The number of hydrogen-bond donors (Lipinski definition) is 1. The van der Waals surface area contributed by atoms with Gasteiger partial charge in [-0.25, -0.2) is 8.42 Å². The molecule has 0 fully saturated rings. The molecular formula is C9H14F3NO4S. The van der Waals surface area contributed by atoms with Crippen molar-refractivity contribution in [3.63, 3.8) is 0 Å². The van der Waals surface area contributed by atoms with Gasteiger partial charge in [-0.05, 0) is 6.42 Å². The van der Waals surface area contributed by atoms with Gasteiger partial charge in [-0.15, -0.1) is 6.58 Å². The number of carboxylic acids is 1. The summed E-state index contributed by atoms with van der Waals surface area (Å²) < 4.78 is 59.3. The largest absolute Gasteiger partial charge is 0.480 e. The molecule has 0 aromatic rings. The van der Waals surface area contributed by atoms with Crippen molar-refractivity contribution in [3.05, 3.63) is 12.7 Å². The van der Waals surface area contributed by atoms with Gasteiger partial charge in [-0.3, -0.25) is 4.79 Å². The van der Waals surface area contributed by atoms with Gasteiger partial charge in [0.2, 0.25) is 10.0 Å². The highest BCUT2D eigenvalue weighted by atomic mass is 32.2. The minimum absolute atomic E-state index is 0.183. The first-order chi connectivity index (χ1) is 8.01. The molecule has 1 N–H and O–H groups in total. The molecule has 5 nitrogen and oxygen atoms in total. The molecule has 0 rings (SSSR count). The van der Waals surface area contributed by atoms with Gasteiger partial charge in [0.25, 0.3) is 0 Å². The Bertz CT molecular complexity index is 405. The van der Waals surface area contributed by atoms with Crippen LogP contribution >= 0.6 is 0 Å². The van der Waals surface area contributed by atoms with E-state index in [1.807, 2.05) is 0 Å². The van der Waals surface area contributed by atoms with Crippen molar-refractivity contribution in [2.24, 2.45) is 0 Å². The van der Waals surface area contributed by atoms with Crippen molar-refractivity contribution in [3.8, 4) is 0 Å². The highest BCUT2D eigenvalue weighted by Gasteiger charge is 2.35. The Labute approximate surface area is 103 Å². The van der Waals surface area contributed by atoms with E-state index in [-0.39, 0.29) is 6.42 Å². The van der Waals surface area contributed by atoms with Gasteiger partial charge >= 0.3 is 12.1 Å². The lowest BCUT2D eigenvalue weighted by Crippen LogP contribution is -2.43. The molecule has 0 saturated carbocycles. The van der Waals surface area contributed by atoms with E-state index in [1.54, 1.807) is 0 Å². The van der Waals surface area contributed by atoms with Gasteiger partial charge < -0.3 is 5.11 Å². The fourth-order valence-corrected chi connectivity index (χ4v) is 2.49. The van der Waals surface area contributed by atoms with Crippen LogP contribution in [0.1, 0.15) is 12.8 Å². The molecule has 18 heavy (non-hydrogen) atoms. The number of rotatable bonds is 7. The Hall–Kier alpha value is -1.09. The Morgan fingerprint density at radius 2 is 2.00 bits per heavy atom. The summed E-state index contributed by atoms with van der Waals surface area (Å²) in [6, 6.07) is -1.44. The molecule has 0 aliphatic heterocycles. The van der Waals surface area contributed by atoms with Crippen LogP contribution in [0.15, 0.2) is 12.7 Å². The maximum atomic E-state index is 11.9. The highest BCUT2D eigenvalue weighted by molar-refractivity contribution is 7.89. The van der Waals surface area contributed by atoms with Crippen molar-refractivity contribution in [1.29, 1.82) is 0 Å². The molecule has 0 aromatic heterocycles. The molecule has 0 aliphatic carbocycles. The molecule has 0 saturated heterocycles. The number of carbonyl (C=O) groups is 1. The number of hydrogen-bond acceptors (Lipinski definition) is 3. The molecule has 0 bridgehead atoms. The van der Waals surface area contributed by atoms with Crippen molar-refractivity contribution in [2.75, 3.05) is 12.8 Å². The number of sulfonamides is 1. The number of likely N-dealkylation sites (N-methyl/N-ethyl adjacent to an activating group) is 1. The second-order valence-corrected chi connectivity index (χ2v) is 5.72. The van der Waals surface area contributed by atoms with E-state index < -0.39 is 40.4 Å². The van der Waals surface area contributed by atoms with E-state index in [9.17, 15) is 26.4 Å². The monoisotopic (exact) mass is 289 g/mol. The molecule has 9 heteroatoms. The number of aliphatic carboxylic acids is 1. The summed E-state index contributed by atoms with van der Waals surface area (Å²) in [4.78, 5) is 10.8. The molecule has 106 valence electrons. The second-order valence-electron chi connectivity index (χ2n) is 3.58. The molecule has 0 aromatic carbocycles. The van der Waals surface area contributed by atoms with Crippen LogP contribution in [0, 0.1) is 0 Å². The summed E-state index contributed by atoms with van der Waals surface area (Å²) in [6.07, 6.45) is -5.11. The number of carboxylic acid groups (broad SMARTS) is 1. The number of nitrogens with zero attached hydrogens (tertiary/aromatic N) is 1. The fourth-order valence-electron chi connectivity index (χ4n) is 1.15. The standard InChI is InChI=1S/C9H14F3NO4S/c1-3-4-7(8(14)15)13(2)18(16,17)6-5-9(10,11)12/h3,7H,1,4-6H2,2H3,(H,14,15). The van der Waals surface area contributed by atoms with Crippen molar-refractivity contribution in [2.45, 2.75) is 25.1 Å². The van der Waals surface area contributed by atoms with Gasteiger partial charge in [0.1, 0.15) is 6.04 Å². The Morgan fingerprint density at radius 1 is 1.50 bits per heavy atom. The smallest absolute Gasteiger partial charge is 0.390 e. The van der Waals surface area contributed by atoms with Gasteiger partial charge in [-0.1, -0.05) is 6.08 Å². The zero-order chi connectivity index (χ0) is 14.6. The summed E-state index contributed by atoms with van der Waals surface area (Å²) in [5, 5.41) is 8.79. The van der Waals surface area contributed by atoms with Crippen LogP contribution in [0.2, 0.25) is 0 Å². The van der Waals surface area contributed by atoms with Crippen LogP contribution in [-0.4, -0.2) is 48.8 Å². The van der Waals surface area contributed by atoms with E-state index in [1.165, 1.54) is 6.08 Å². The molecule has 0 spiro atoms. The predicted octanol–water partition coefficient (Wildman–Crippen LogP) is 1.23. The minimum Gasteiger partial charge on any atom is -0.480 e. The van der Waals surface area contributed by atoms with E-state index in [2.05, 4.69) is 6.58 Å². The van der Waals surface area contributed by atoms with E-state index in [0.29, 0.717) is 4.31 Å². The first-order valence-corrected chi connectivity index (χ1v) is 6.48. The molecule has 0 radical (unpaired) electrons. The minimum atomic E-state index is -4.61. The van der Waals surface area contributed by atoms with Gasteiger partial charge in [-0.2, -0.15) is 17.5 Å². The van der Waals surface area contributed by atoms with E-state index in [0.717, 1.165) is 7.05 Å². The summed E-state index contributed by atoms with van der Waals surface area (Å²) >= 11 is 0. The average Bonchev–Trinajstić information content (AvgIpc) is 2.21. The third-order valence-corrected chi connectivity index (χ3v) is 4.05. The Balaban J connectivity index is 4.87. The molecule has 0 heterocycles. The summed E-state index contributed by atoms with van der Waals surface area (Å²) in [7, 11) is -3.34. The van der Waals surface area contributed by atoms with Crippen molar-refractivity contribution >= 4 is 16.0 Å². The highest BCUT2D eigenvalue weighted by Crippen LogP contribution is 2.21. The topological polar surface area (TPSA) is 74.7 Å². The maximum absolute atomic E-state index is 11.9. The Morgan fingerprint density at radius 3 is 2.33 bits per heavy atom. The predicted molar refractivity (Wildman–Crippen MR) is 58.5 cm³/mol. The third-order valence-electron chi connectivity index (χ3n) is 2.20. The van der Waals surface area contributed by atoms with Crippen LogP contribution in [0.4, 0.5) is 13.2 Å². The first-order valence-electron chi connectivity index (χ1n) is 4.87. The van der Waals surface area contributed by atoms with E-state index >= 15 is 0 Å². The molecular weight excluding hydrogens is 275 g/mol. The van der Waals surface area contributed by atoms with Gasteiger partial charge in [0.15, 0.2) is 0 Å². The van der Waals surface area contributed by atoms with Crippen molar-refractivity contribution in [1.82, 2.24) is 4.31 Å². The summed E-state index contributed by atoms with van der Waals surface area (Å²) in [6.45, 7) is 3.27. The molecule has 1 unspecified atom stereocenters. The zero-order valence-electron chi connectivity index (χ0n) is 9.64. The summed E-state index contributed by atoms with van der Waals surface area (Å²) in [5.74, 6) is -2.61. The SMILES string of the molecule is C=CCC(C(=O)O)N(C)S(=O)(=O)CCC(F)(F)F. The number of halogens is 3. The van der Waals surface area contributed by atoms with E-state index in [4.69, 9.17) is 5.11 Å². The van der Waals surface area contributed by atoms with Crippen LogP contribution in [0.25, 0.3) is 0 Å². The van der Waals surface area contributed by atoms with Gasteiger partial charge in [0, 0.05) is 7.05 Å². The first kappa shape index (κ1) is 16.9. The molecule has 0 amide bonds. The lowest BCUT2D eigenvalue weighted by atomic mass is 10.2. The van der Waals surface area contributed by atoms with Crippen LogP contribution in [0.3, 0.4) is 0 Å². The third kappa shape index (κ3) is 5.50. The average molecular weight is 289 g/mol. The lowest BCUT2D eigenvalue weighted by molar-refractivity contribution is -0.141. The molecule has 0 aliphatic rings. The summed E-state index contributed by atoms with van der Waals surface area (Å²) in [5.41, 5.74) is 0.